The number of carbonyl (C=O) groups is 3. The monoisotopic (exact) mass is 685 g/mol. The summed E-state index contributed by atoms with van der Waals surface area (Å²) in [7, 11) is 0. The summed E-state index contributed by atoms with van der Waals surface area (Å²) in [5, 5.41) is 8.12. The second-order valence-electron chi connectivity index (χ2n) is 9.52. The third-order valence-corrected chi connectivity index (χ3v) is 6.21. The van der Waals surface area contributed by atoms with Crippen LogP contribution in [0.2, 0.25) is 0 Å². The highest BCUT2D eigenvalue weighted by Gasteiger charge is 2.31. The Morgan fingerprint density at radius 3 is 1.84 bits per heavy atom. The molecule has 2 aromatic rings. The molecule has 10 nitrogen and oxygen atoms in total. The molecule has 2 aromatic carbocycles. The lowest BCUT2D eigenvalue weighted by Crippen LogP contribution is -3.00. The number of nitrogens with one attached hydrogen (secondary N) is 3. The molecule has 0 fully saturated rings. The van der Waals surface area contributed by atoms with E-state index in [1.54, 1.807) is 0 Å². The van der Waals surface area contributed by atoms with Gasteiger partial charge in [0.2, 0.25) is 17.7 Å². The molecule has 44 heavy (non-hydrogen) atoms. The molecule has 0 aliphatic carbocycles. The van der Waals surface area contributed by atoms with Crippen LogP contribution in [0.1, 0.15) is 43.2 Å². The quantitative estimate of drug-likeness (QED) is 0.0959. The minimum absolute atomic E-state index is 0. The maximum absolute atomic E-state index is 13.3. The summed E-state index contributed by atoms with van der Waals surface area (Å²) in [5.74, 6) is -1.93. The van der Waals surface area contributed by atoms with Crippen LogP contribution in [0, 0.1) is 0 Å². The van der Waals surface area contributed by atoms with E-state index in [2.05, 4.69) is 20.7 Å². The van der Waals surface area contributed by atoms with Gasteiger partial charge in [-0.1, -0.05) is 42.5 Å². The maximum Gasteiger partial charge on any atom is 0.573 e. The Balaban J connectivity index is 0. The van der Waals surface area contributed by atoms with E-state index in [0.29, 0.717) is 44.3 Å². The third-order valence-electron chi connectivity index (χ3n) is 6.21. The summed E-state index contributed by atoms with van der Waals surface area (Å²) >= 11 is 0. The molecule has 16 heteroatoms. The largest absolute Gasteiger partial charge is 1.00 e. The van der Waals surface area contributed by atoms with Crippen LogP contribution in [0.5, 0.6) is 5.75 Å². The maximum atomic E-state index is 13.3. The van der Waals surface area contributed by atoms with E-state index >= 15 is 0 Å². The molecule has 250 valence electrons. The van der Waals surface area contributed by atoms with Gasteiger partial charge in [-0.15, -0.1) is 13.2 Å². The van der Waals surface area contributed by atoms with E-state index in [-0.39, 0.29) is 62.4 Å². The molecule has 2 rings (SSSR count). The summed E-state index contributed by atoms with van der Waals surface area (Å²) in [6, 6.07) is 11.7. The number of benzene rings is 2. The van der Waals surface area contributed by atoms with Crippen LogP contribution in [0.15, 0.2) is 54.6 Å². The number of ether oxygens (including phenoxy) is 1. The third kappa shape index (κ3) is 16.9. The molecular formula is C28H39Cl3F3N6O4-3. The smallest absolute Gasteiger partial charge is 0.573 e. The number of amides is 3. The second kappa shape index (κ2) is 22.7. The van der Waals surface area contributed by atoms with E-state index in [1.807, 2.05) is 30.3 Å². The van der Waals surface area contributed by atoms with Gasteiger partial charge in [-0.05, 0) is 74.9 Å². The Bertz CT molecular complexity index is 1100. The average molecular weight is 687 g/mol. The Morgan fingerprint density at radius 1 is 0.727 bits per heavy atom. The lowest BCUT2D eigenvalue weighted by atomic mass is 10.0. The first-order valence-electron chi connectivity index (χ1n) is 13.4. The summed E-state index contributed by atoms with van der Waals surface area (Å²) in [6.45, 7) is 0.678. The number of aryl methyl sites for hydroxylation is 1. The molecule has 0 saturated carbocycles. The van der Waals surface area contributed by atoms with Crippen molar-refractivity contribution in [3.8, 4) is 5.75 Å². The van der Waals surface area contributed by atoms with Gasteiger partial charge in [-0.3, -0.25) is 14.4 Å². The van der Waals surface area contributed by atoms with Crippen molar-refractivity contribution in [1.29, 1.82) is 0 Å². The number of nitrogens with two attached hydrogens (primary N) is 3. The fourth-order valence-corrected chi connectivity index (χ4v) is 3.96. The molecule has 0 radical (unpaired) electrons. The topological polar surface area (TPSA) is 175 Å². The van der Waals surface area contributed by atoms with Crippen LogP contribution in [-0.2, 0) is 27.3 Å². The summed E-state index contributed by atoms with van der Waals surface area (Å²) in [6.07, 6.45) is -2.47. The molecule has 0 aliphatic rings. The normalized spacial score (nSPS) is 12.6. The van der Waals surface area contributed by atoms with E-state index in [4.69, 9.17) is 17.2 Å². The number of hydrogen-bond donors (Lipinski definition) is 6. The molecule has 0 aromatic heterocycles. The van der Waals surface area contributed by atoms with E-state index in [0.717, 1.165) is 17.7 Å². The predicted molar refractivity (Wildman–Crippen MR) is 148 cm³/mol. The van der Waals surface area contributed by atoms with Crippen LogP contribution in [0.25, 0.3) is 0 Å². The SMILES string of the molecule is NCCC[C@H](NC(=O)[C@@H](N)CCCN)C(=O)N[C@@H](CCc1ccccc1)C(=O)NCc1ccc(OC(F)(F)F)cc1.[Cl-].[Cl-].[Cl-]. The fraction of sp³-hybridized carbons (Fsp3) is 0.464. The minimum atomic E-state index is -4.81. The molecule has 0 spiro atoms. The lowest BCUT2D eigenvalue weighted by Gasteiger charge is -2.24. The minimum Gasteiger partial charge on any atom is -1.00 e. The van der Waals surface area contributed by atoms with Gasteiger partial charge >= 0.3 is 6.36 Å². The highest BCUT2D eigenvalue weighted by molar-refractivity contribution is 5.93. The number of hydrogen-bond acceptors (Lipinski definition) is 7. The van der Waals surface area contributed by atoms with Crippen LogP contribution in [0.4, 0.5) is 13.2 Å². The van der Waals surface area contributed by atoms with E-state index in [9.17, 15) is 27.6 Å². The molecular weight excluding hydrogens is 648 g/mol. The van der Waals surface area contributed by atoms with Crippen molar-refractivity contribution in [3.05, 3.63) is 65.7 Å². The zero-order valence-corrected chi connectivity index (χ0v) is 26.2. The summed E-state index contributed by atoms with van der Waals surface area (Å²) < 4.78 is 41.1. The van der Waals surface area contributed by atoms with Crippen LogP contribution >= 0.6 is 0 Å². The predicted octanol–water partition coefficient (Wildman–Crippen LogP) is -7.38. The molecule has 0 unspecified atom stereocenters. The van der Waals surface area contributed by atoms with Gasteiger partial charge in [-0.25, -0.2) is 0 Å². The number of carbonyl (C=O) groups excluding carboxylic acids is 3. The van der Waals surface area contributed by atoms with Crippen molar-refractivity contribution in [1.82, 2.24) is 16.0 Å². The Kier molecular flexibility index (Phi) is 22.3. The lowest BCUT2D eigenvalue weighted by molar-refractivity contribution is -0.274. The summed E-state index contributed by atoms with van der Waals surface area (Å²) in [5.41, 5.74) is 18.5. The zero-order valence-electron chi connectivity index (χ0n) is 23.9. The first-order chi connectivity index (χ1) is 19.5. The van der Waals surface area contributed by atoms with Crippen molar-refractivity contribution < 1.29 is 69.5 Å². The Labute approximate surface area is 274 Å². The van der Waals surface area contributed by atoms with Crippen LogP contribution in [0.3, 0.4) is 0 Å². The van der Waals surface area contributed by atoms with E-state index < -0.39 is 42.2 Å². The number of rotatable bonds is 17. The van der Waals surface area contributed by atoms with Gasteiger partial charge in [0, 0.05) is 6.54 Å². The van der Waals surface area contributed by atoms with Crippen LogP contribution in [-0.4, -0.2) is 55.3 Å². The van der Waals surface area contributed by atoms with Crippen molar-refractivity contribution >= 4 is 17.7 Å². The van der Waals surface area contributed by atoms with Crippen molar-refractivity contribution in [3.63, 3.8) is 0 Å². The highest BCUT2D eigenvalue weighted by Crippen LogP contribution is 2.22. The second-order valence-corrected chi connectivity index (χ2v) is 9.52. The van der Waals surface area contributed by atoms with Gasteiger partial charge < -0.3 is 75.1 Å². The van der Waals surface area contributed by atoms with Gasteiger partial charge in [0.1, 0.15) is 17.8 Å². The van der Waals surface area contributed by atoms with Crippen molar-refractivity contribution in [2.45, 2.75) is 69.6 Å². The Morgan fingerprint density at radius 2 is 1.27 bits per heavy atom. The van der Waals surface area contributed by atoms with Gasteiger partial charge in [0.25, 0.3) is 0 Å². The average Bonchev–Trinajstić information content (AvgIpc) is 2.94. The van der Waals surface area contributed by atoms with Crippen molar-refractivity contribution in [2.24, 2.45) is 17.2 Å². The van der Waals surface area contributed by atoms with Gasteiger partial charge in [0.05, 0.1) is 6.04 Å². The number of halogens is 6. The molecule has 3 atom stereocenters. The molecule has 3 amide bonds. The number of alkyl halides is 3. The fourth-order valence-electron chi connectivity index (χ4n) is 3.96. The molecule has 0 aliphatic heterocycles. The molecule has 0 bridgehead atoms. The van der Waals surface area contributed by atoms with Gasteiger partial charge in [-0.2, -0.15) is 0 Å². The molecule has 0 saturated heterocycles. The first-order valence-corrected chi connectivity index (χ1v) is 13.4. The van der Waals surface area contributed by atoms with Gasteiger partial charge in [0.15, 0.2) is 0 Å². The van der Waals surface area contributed by atoms with Crippen LogP contribution < -0.4 is 75.1 Å². The zero-order chi connectivity index (χ0) is 30.3. The van der Waals surface area contributed by atoms with Crippen molar-refractivity contribution in [2.75, 3.05) is 13.1 Å². The summed E-state index contributed by atoms with van der Waals surface area (Å²) in [4.78, 5) is 39.0. The highest BCUT2D eigenvalue weighted by atomic mass is 35.5. The molecule has 0 heterocycles. The Hall–Kier alpha value is -2.81. The molecule has 9 N–H and O–H groups in total. The standard InChI is InChI=1S/C28H39F3N6O4.3ClH/c29-28(30,31)41-21-13-10-20(11-14-21)18-35-26(39)24(15-12-19-6-2-1-3-7-19)37-27(40)23(9-5-17-33)36-25(38)22(34)8-4-16-32;;;/h1-3,6-7,10-11,13-14,22-24H,4-5,8-9,12,15-18,32-34H2,(H,35,39)(H,36,38)(H,37,40);3*1H/p-3/t22-,23-,24-;;;/m0.../s1. The first kappa shape index (κ1) is 43.3. The van der Waals surface area contributed by atoms with E-state index in [1.165, 1.54) is 12.1 Å².